The third-order valence-electron chi connectivity index (χ3n) is 2.82. The molecule has 1 aliphatic heterocycles. The van der Waals surface area contributed by atoms with Crippen molar-refractivity contribution < 1.29 is 4.79 Å². The minimum absolute atomic E-state index is 0.0390. The molecule has 86 valence electrons. The predicted molar refractivity (Wildman–Crippen MR) is 70.5 cm³/mol. The van der Waals surface area contributed by atoms with E-state index in [1.54, 1.807) is 11.3 Å². The molecule has 1 amide bonds. The maximum atomic E-state index is 11.9. The number of nitrogens with one attached hydrogen (secondary N) is 2. The highest BCUT2D eigenvalue weighted by Crippen LogP contribution is 2.27. The predicted octanol–water partition coefficient (Wildman–Crippen LogP) is 2.72. The topological polar surface area (TPSA) is 41.1 Å². The lowest BCUT2D eigenvalue weighted by molar-refractivity contribution is -0.117. The van der Waals surface area contributed by atoms with Crippen LogP contribution in [0.5, 0.6) is 0 Å². The van der Waals surface area contributed by atoms with Gasteiger partial charge in [0.2, 0.25) is 5.91 Å². The van der Waals surface area contributed by atoms with Crippen LogP contribution in [0.15, 0.2) is 41.8 Å². The van der Waals surface area contributed by atoms with Crippen LogP contribution in [0.1, 0.15) is 4.88 Å². The quantitative estimate of drug-likeness (QED) is 0.852. The second-order valence-electron chi connectivity index (χ2n) is 4.02. The van der Waals surface area contributed by atoms with Crippen LogP contribution in [0, 0.1) is 0 Å². The molecule has 3 rings (SSSR count). The number of carbonyl (C=O) groups excluding carboxylic acids is 1. The van der Waals surface area contributed by atoms with E-state index in [0.717, 1.165) is 17.8 Å². The molecular weight excluding hydrogens is 232 g/mol. The van der Waals surface area contributed by atoms with E-state index in [9.17, 15) is 4.79 Å². The number of carbonyl (C=O) groups is 1. The van der Waals surface area contributed by atoms with Crippen molar-refractivity contribution in [3.63, 3.8) is 0 Å². The Balaban J connectivity index is 1.82. The molecule has 0 saturated carbocycles. The molecule has 0 unspecified atom stereocenters. The van der Waals surface area contributed by atoms with Crippen LogP contribution < -0.4 is 10.6 Å². The highest BCUT2D eigenvalue weighted by Gasteiger charge is 2.25. The number of para-hydroxylation sites is 2. The summed E-state index contributed by atoms with van der Waals surface area (Å²) in [5, 5.41) is 8.24. The van der Waals surface area contributed by atoms with Crippen LogP contribution in [0.3, 0.4) is 0 Å². The first-order chi connectivity index (χ1) is 8.33. The lowest BCUT2D eigenvalue weighted by Crippen LogP contribution is -2.40. The van der Waals surface area contributed by atoms with Crippen LogP contribution >= 0.6 is 11.3 Å². The largest absolute Gasteiger partial charge is 0.372 e. The molecule has 0 aliphatic carbocycles. The summed E-state index contributed by atoms with van der Waals surface area (Å²) in [6, 6.07) is 11.7. The molecule has 2 N–H and O–H groups in total. The number of fused-ring (bicyclic) bond motifs is 1. The fraction of sp³-hybridized carbons (Fsp3) is 0.154. The second kappa shape index (κ2) is 4.22. The van der Waals surface area contributed by atoms with Gasteiger partial charge in [-0.2, -0.15) is 0 Å². The Labute approximate surface area is 103 Å². The fourth-order valence-electron chi connectivity index (χ4n) is 1.96. The molecule has 0 saturated heterocycles. The van der Waals surface area contributed by atoms with Gasteiger partial charge in [-0.25, -0.2) is 0 Å². The molecule has 2 aromatic rings. The van der Waals surface area contributed by atoms with Gasteiger partial charge in [0.1, 0.15) is 6.04 Å². The van der Waals surface area contributed by atoms with Crippen LogP contribution in [0.25, 0.3) is 0 Å². The van der Waals surface area contributed by atoms with Gasteiger partial charge in [-0.3, -0.25) is 4.79 Å². The molecule has 0 fully saturated rings. The minimum atomic E-state index is -0.177. The van der Waals surface area contributed by atoms with Gasteiger partial charge in [-0.1, -0.05) is 18.2 Å². The van der Waals surface area contributed by atoms with Crippen molar-refractivity contribution in [1.29, 1.82) is 0 Å². The summed E-state index contributed by atoms with van der Waals surface area (Å²) in [6.45, 7) is 0. The first kappa shape index (κ1) is 10.4. The third-order valence-corrected chi connectivity index (χ3v) is 3.72. The number of amides is 1. The van der Waals surface area contributed by atoms with Crippen molar-refractivity contribution >= 4 is 28.6 Å². The van der Waals surface area contributed by atoms with E-state index < -0.39 is 0 Å². The van der Waals surface area contributed by atoms with Gasteiger partial charge >= 0.3 is 0 Å². The molecule has 1 aliphatic rings. The van der Waals surface area contributed by atoms with Crippen molar-refractivity contribution in [3.05, 3.63) is 46.7 Å². The summed E-state index contributed by atoms with van der Waals surface area (Å²) < 4.78 is 0. The highest BCUT2D eigenvalue weighted by molar-refractivity contribution is 7.09. The molecule has 1 aromatic carbocycles. The Morgan fingerprint density at radius 1 is 1.12 bits per heavy atom. The molecule has 1 atom stereocenters. The molecule has 0 radical (unpaired) electrons. The van der Waals surface area contributed by atoms with Gasteiger partial charge in [0.05, 0.1) is 11.4 Å². The molecule has 0 spiro atoms. The molecule has 1 aromatic heterocycles. The van der Waals surface area contributed by atoms with Gasteiger partial charge in [0, 0.05) is 11.3 Å². The second-order valence-corrected chi connectivity index (χ2v) is 5.05. The van der Waals surface area contributed by atoms with E-state index in [2.05, 4.69) is 16.7 Å². The Morgan fingerprint density at radius 2 is 1.94 bits per heavy atom. The fourth-order valence-corrected chi connectivity index (χ4v) is 2.72. The smallest absolute Gasteiger partial charge is 0.247 e. The van der Waals surface area contributed by atoms with Crippen molar-refractivity contribution in [2.45, 2.75) is 12.5 Å². The normalized spacial score (nSPS) is 18.1. The Kier molecular flexibility index (Phi) is 2.57. The van der Waals surface area contributed by atoms with Gasteiger partial charge in [-0.15, -0.1) is 11.3 Å². The minimum Gasteiger partial charge on any atom is -0.372 e. The summed E-state index contributed by atoms with van der Waals surface area (Å²) in [6.07, 6.45) is 0.734. The standard InChI is InChI=1S/C13H12N2OS/c16-13-12(8-9-4-3-7-17-9)14-10-5-1-2-6-11(10)15-13/h1-7,12,14H,8H2,(H,15,16)/t12-/m0/s1. The molecule has 17 heavy (non-hydrogen) atoms. The lowest BCUT2D eigenvalue weighted by atomic mass is 10.1. The summed E-state index contributed by atoms with van der Waals surface area (Å²) in [5.74, 6) is 0.0390. The van der Waals surface area contributed by atoms with Crippen molar-refractivity contribution in [2.75, 3.05) is 10.6 Å². The van der Waals surface area contributed by atoms with E-state index in [0.29, 0.717) is 0 Å². The van der Waals surface area contributed by atoms with Crippen LogP contribution in [0.2, 0.25) is 0 Å². The number of benzene rings is 1. The average molecular weight is 244 g/mol. The van der Waals surface area contributed by atoms with Gasteiger partial charge < -0.3 is 10.6 Å². The van der Waals surface area contributed by atoms with Gasteiger partial charge in [0.25, 0.3) is 0 Å². The van der Waals surface area contributed by atoms with E-state index in [4.69, 9.17) is 0 Å². The highest BCUT2D eigenvalue weighted by atomic mass is 32.1. The molecule has 3 nitrogen and oxygen atoms in total. The van der Waals surface area contributed by atoms with Crippen molar-refractivity contribution in [3.8, 4) is 0 Å². The van der Waals surface area contributed by atoms with Crippen LogP contribution in [0.4, 0.5) is 11.4 Å². The maximum Gasteiger partial charge on any atom is 0.247 e. The number of hydrogen-bond acceptors (Lipinski definition) is 3. The number of rotatable bonds is 2. The average Bonchev–Trinajstić information content (AvgIpc) is 2.83. The van der Waals surface area contributed by atoms with E-state index in [-0.39, 0.29) is 11.9 Å². The summed E-state index contributed by atoms with van der Waals surface area (Å²) in [5.41, 5.74) is 1.86. The van der Waals surface area contributed by atoms with Gasteiger partial charge in [-0.05, 0) is 23.6 Å². The van der Waals surface area contributed by atoms with Gasteiger partial charge in [0.15, 0.2) is 0 Å². The number of hydrogen-bond donors (Lipinski definition) is 2. The van der Waals surface area contributed by atoms with E-state index >= 15 is 0 Å². The van der Waals surface area contributed by atoms with Crippen molar-refractivity contribution in [1.82, 2.24) is 0 Å². The lowest BCUT2D eigenvalue weighted by Gasteiger charge is -2.26. The zero-order valence-electron chi connectivity index (χ0n) is 9.14. The van der Waals surface area contributed by atoms with E-state index in [1.807, 2.05) is 35.7 Å². The SMILES string of the molecule is O=C1Nc2ccccc2N[C@H]1Cc1cccs1. The third kappa shape index (κ3) is 2.03. The Morgan fingerprint density at radius 3 is 2.71 bits per heavy atom. The molecule has 2 heterocycles. The monoisotopic (exact) mass is 244 g/mol. The molecular formula is C13H12N2OS. The molecule has 0 bridgehead atoms. The summed E-state index contributed by atoms with van der Waals surface area (Å²) in [7, 11) is 0. The first-order valence-electron chi connectivity index (χ1n) is 5.52. The van der Waals surface area contributed by atoms with E-state index in [1.165, 1.54) is 4.88 Å². The Bertz CT molecular complexity index is 536. The molecule has 4 heteroatoms. The van der Waals surface area contributed by atoms with Crippen LogP contribution in [-0.2, 0) is 11.2 Å². The van der Waals surface area contributed by atoms with Crippen molar-refractivity contribution in [2.24, 2.45) is 0 Å². The summed E-state index contributed by atoms with van der Waals surface area (Å²) >= 11 is 1.68. The first-order valence-corrected chi connectivity index (χ1v) is 6.40. The number of thiophene rings is 1. The Hall–Kier alpha value is -1.81. The summed E-state index contributed by atoms with van der Waals surface area (Å²) in [4.78, 5) is 13.1. The maximum absolute atomic E-state index is 11.9. The number of anilines is 2. The zero-order chi connectivity index (χ0) is 11.7. The zero-order valence-corrected chi connectivity index (χ0v) is 9.96. The van der Waals surface area contributed by atoms with Crippen LogP contribution in [-0.4, -0.2) is 11.9 Å².